The summed E-state index contributed by atoms with van der Waals surface area (Å²) in [7, 11) is 1.61. The van der Waals surface area contributed by atoms with Crippen LogP contribution >= 0.6 is 0 Å². The van der Waals surface area contributed by atoms with Gasteiger partial charge in [-0.15, -0.1) is 0 Å². The van der Waals surface area contributed by atoms with Gasteiger partial charge < -0.3 is 15.3 Å². The summed E-state index contributed by atoms with van der Waals surface area (Å²) in [6.45, 7) is 0.230. The minimum atomic E-state index is -1.79. The van der Waals surface area contributed by atoms with Gasteiger partial charge in [0.2, 0.25) is 11.1 Å². The van der Waals surface area contributed by atoms with Crippen LogP contribution in [0.2, 0.25) is 0 Å². The van der Waals surface area contributed by atoms with Crippen molar-refractivity contribution < 1.29 is 32.9 Å². The van der Waals surface area contributed by atoms with Crippen LogP contribution in [0.15, 0.2) is 77.8 Å². The van der Waals surface area contributed by atoms with Crippen LogP contribution in [-0.2, 0) is 20.3 Å². The molecule has 4 rings (SSSR count). The normalized spacial score (nSPS) is 18.9. The molecule has 0 saturated carbocycles. The number of hydrogen-bond acceptors (Lipinski definition) is 8. The number of methoxy groups -OCH3 is 1. The number of rotatable bonds is 9. The van der Waals surface area contributed by atoms with Gasteiger partial charge in [-0.1, -0.05) is 24.3 Å². The fourth-order valence-electron chi connectivity index (χ4n) is 4.03. The number of hydrogen-bond donors (Lipinski definition) is 2. The molecule has 0 radical (unpaired) electrons. The Bertz CT molecular complexity index is 1190. The van der Waals surface area contributed by atoms with Gasteiger partial charge in [-0.2, -0.15) is 14.1 Å². The van der Waals surface area contributed by atoms with E-state index in [1.165, 1.54) is 17.3 Å². The average molecular weight is 514 g/mol. The molecular formula is C25H27N3O7S. The topological polar surface area (TPSA) is 124 Å². The molecule has 1 aromatic heterocycles. The SMILES string of the molecule is COc1ccc(-c2ccc(S(=O)ON3CCC(NC(=O)c4cccc[n+]4[O-])CC3COO)cc2)cc1. The van der Waals surface area contributed by atoms with Gasteiger partial charge in [0.15, 0.2) is 6.20 Å². The molecule has 3 aromatic rings. The van der Waals surface area contributed by atoms with E-state index in [1.54, 1.807) is 31.4 Å². The number of nitrogens with zero attached hydrogens (tertiary/aromatic N) is 2. The van der Waals surface area contributed by atoms with E-state index in [2.05, 4.69) is 10.2 Å². The van der Waals surface area contributed by atoms with Gasteiger partial charge in [0.1, 0.15) is 5.75 Å². The number of carbonyl (C=O) groups is 1. The monoisotopic (exact) mass is 513 g/mol. The Morgan fingerprint density at radius 3 is 2.47 bits per heavy atom. The van der Waals surface area contributed by atoms with Gasteiger partial charge in [0, 0.05) is 24.7 Å². The minimum absolute atomic E-state index is 0.00896. The number of carbonyl (C=O) groups excluding carboxylic acids is 1. The summed E-state index contributed by atoms with van der Waals surface area (Å²) < 4.78 is 24.3. The number of aromatic nitrogens is 1. The van der Waals surface area contributed by atoms with Crippen molar-refractivity contribution in [3.8, 4) is 16.9 Å². The summed E-state index contributed by atoms with van der Waals surface area (Å²) in [6, 6.07) is 18.7. The lowest BCUT2D eigenvalue weighted by atomic mass is 9.99. The Morgan fingerprint density at radius 2 is 1.83 bits per heavy atom. The van der Waals surface area contributed by atoms with Crippen LogP contribution < -0.4 is 14.8 Å². The standard InChI is InChI=1S/C25H27N3O7S/c1-33-22-9-5-18(6-10-22)19-7-11-23(12-8-19)36(32)35-28-15-13-20(16-21(28)17-34-31)26-25(29)24-4-2-3-14-27(24)30/h2-12,14,20-21,31H,13,15-17H2,1H3,(H,26,29). The highest BCUT2D eigenvalue weighted by Crippen LogP contribution is 2.25. The zero-order valence-electron chi connectivity index (χ0n) is 19.6. The molecular weight excluding hydrogens is 486 g/mol. The second-order valence-electron chi connectivity index (χ2n) is 8.26. The van der Waals surface area contributed by atoms with Crippen molar-refractivity contribution >= 4 is 17.0 Å². The third-order valence-electron chi connectivity index (χ3n) is 5.95. The Labute approximate surface area is 211 Å². The van der Waals surface area contributed by atoms with E-state index in [-0.39, 0.29) is 18.3 Å². The average Bonchev–Trinajstić information content (AvgIpc) is 2.90. The van der Waals surface area contributed by atoms with E-state index in [1.807, 2.05) is 36.4 Å². The predicted molar refractivity (Wildman–Crippen MR) is 131 cm³/mol. The Kier molecular flexibility index (Phi) is 8.62. The van der Waals surface area contributed by atoms with Gasteiger partial charge in [-0.25, -0.2) is 9.10 Å². The van der Waals surface area contributed by atoms with Crippen LogP contribution in [0.25, 0.3) is 11.1 Å². The highest BCUT2D eigenvalue weighted by molar-refractivity contribution is 7.80. The van der Waals surface area contributed by atoms with Crippen LogP contribution in [0.3, 0.4) is 0 Å². The molecule has 0 spiro atoms. The van der Waals surface area contributed by atoms with Gasteiger partial charge in [-0.3, -0.25) is 10.1 Å². The molecule has 2 N–H and O–H groups in total. The molecule has 3 atom stereocenters. The van der Waals surface area contributed by atoms with E-state index >= 15 is 0 Å². The molecule has 0 bridgehead atoms. The van der Waals surface area contributed by atoms with Crippen molar-refractivity contribution in [3.05, 3.63) is 83.8 Å². The van der Waals surface area contributed by atoms with Gasteiger partial charge in [0.05, 0.1) is 24.7 Å². The lowest BCUT2D eigenvalue weighted by Crippen LogP contribution is -2.52. The molecule has 1 fully saturated rings. The highest BCUT2D eigenvalue weighted by Gasteiger charge is 2.33. The van der Waals surface area contributed by atoms with Gasteiger partial charge in [-0.05, 0) is 54.3 Å². The number of benzene rings is 2. The van der Waals surface area contributed by atoms with Crippen molar-refractivity contribution in [1.82, 2.24) is 10.4 Å². The third kappa shape index (κ3) is 6.25. The van der Waals surface area contributed by atoms with Crippen molar-refractivity contribution in [1.29, 1.82) is 0 Å². The number of amides is 1. The molecule has 1 aliphatic heterocycles. The molecule has 1 aliphatic rings. The third-order valence-corrected chi connectivity index (χ3v) is 6.94. The minimum Gasteiger partial charge on any atom is -0.618 e. The molecule has 10 nitrogen and oxygen atoms in total. The number of nitrogens with one attached hydrogen (secondary N) is 1. The molecule has 2 heterocycles. The first-order valence-electron chi connectivity index (χ1n) is 11.3. The lowest BCUT2D eigenvalue weighted by Gasteiger charge is -2.36. The first kappa shape index (κ1) is 25.7. The number of pyridine rings is 1. The highest BCUT2D eigenvalue weighted by atomic mass is 32.2. The molecule has 11 heteroatoms. The fraction of sp³-hybridized carbons (Fsp3) is 0.280. The summed E-state index contributed by atoms with van der Waals surface area (Å²) in [5.74, 6) is 0.276. The smallest absolute Gasteiger partial charge is 0.317 e. The number of ether oxygens (including phenoxy) is 1. The van der Waals surface area contributed by atoms with E-state index in [0.29, 0.717) is 29.0 Å². The molecule has 2 aromatic carbocycles. The largest absolute Gasteiger partial charge is 0.618 e. The predicted octanol–water partition coefficient (Wildman–Crippen LogP) is 2.70. The van der Waals surface area contributed by atoms with Crippen molar-refractivity contribution in [2.24, 2.45) is 0 Å². The second-order valence-corrected chi connectivity index (χ2v) is 9.35. The molecule has 1 amide bonds. The van der Waals surface area contributed by atoms with E-state index < -0.39 is 23.0 Å². The van der Waals surface area contributed by atoms with Crippen LogP contribution in [0.1, 0.15) is 23.3 Å². The van der Waals surface area contributed by atoms with Crippen LogP contribution in [0, 0.1) is 5.21 Å². The second kappa shape index (κ2) is 12.1. The lowest BCUT2D eigenvalue weighted by molar-refractivity contribution is -0.607. The molecule has 0 aliphatic carbocycles. The molecule has 1 saturated heterocycles. The maximum atomic E-state index is 12.9. The molecule has 190 valence electrons. The fourth-order valence-corrected chi connectivity index (χ4v) is 4.85. The van der Waals surface area contributed by atoms with Crippen molar-refractivity contribution in [2.75, 3.05) is 20.3 Å². The van der Waals surface area contributed by atoms with Crippen LogP contribution in [-0.4, -0.2) is 52.8 Å². The summed E-state index contributed by atoms with van der Waals surface area (Å²) in [4.78, 5) is 17.3. The summed E-state index contributed by atoms with van der Waals surface area (Å²) in [6.07, 6.45) is 2.12. The first-order chi connectivity index (χ1) is 17.5. The maximum absolute atomic E-state index is 12.9. The van der Waals surface area contributed by atoms with E-state index in [4.69, 9.17) is 14.3 Å². The van der Waals surface area contributed by atoms with Gasteiger partial charge >= 0.3 is 5.91 Å². The van der Waals surface area contributed by atoms with Crippen LogP contribution in [0.4, 0.5) is 0 Å². The quantitative estimate of drug-likeness (QED) is 0.194. The Morgan fingerprint density at radius 1 is 1.14 bits per heavy atom. The van der Waals surface area contributed by atoms with Crippen LogP contribution in [0.5, 0.6) is 5.75 Å². The van der Waals surface area contributed by atoms with E-state index in [0.717, 1.165) is 16.9 Å². The zero-order chi connectivity index (χ0) is 25.5. The number of piperidine rings is 1. The Hall–Kier alpha value is -3.35. The van der Waals surface area contributed by atoms with Crippen molar-refractivity contribution in [3.63, 3.8) is 0 Å². The number of hydroxylamine groups is 2. The maximum Gasteiger partial charge on any atom is 0.317 e. The van der Waals surface area contributed by atoms with E-state index in [9.17, 15) is 14.2 Å². The summed E-state index contributed by atoms with van der Waals surface area (Å²) in [5, 5.41) is 25.2. The summed E-state index contributed by atoms with van der Waals surface area (Å²) in [5.41, 5.74) is 1.95. The molecule has 36 heavy (non-hydrogen) atoms. The Balaban J connectivity index is 1.36. The summed E-state index contributed by atoms with van der Waals surface area (Å²) >= 11 is -1.79. The molecule has 3 unspecified atom stereocenters. The zero-order valence-corrected chi connectivity index (χ0v) is 20.4. The first-order valence-corrected chi connectivity index (χ1v) is 12.4. The van der Waals surface area contributed by atoms with Crippen molar-refractivity contribution in [2.45, 2.75) is 29.8 Å². The van der Waals surface area contributed by atoms with Gasteiger partial charge in [0.25, 0.3) is 5.69 Å².